The average molecular weight is 378 g/mol. The van der Waals surface area contributed by atoms with Crippen LogP contribution >= 0.6 is 23.4 Å². The van der Waals surface area contributed by atoms with Crippen LogP contribution in [0, 0.1) is 0 Å². The van der Waals surface area contributed by atoms with Crippen molar-refractivity contribution >= 4 is 35.2 Å². The van der Waals surface area contributed by atoms with Crippen LogP contribution in [0.15, 0.2) is 54.6 Å². The summed E-state index contributed by atoms with van der Waals surface area (Å²) in [5.41, 5.74) is 2.03. The zero-order valence-corrected chi connectivity index (χ0v) is 15.6. The molecule has 0 aliphatic heterocycles. The molecule has 0 N–H and O–H groups in total. The Morgan fingerprint density at radius 3 is 2.48 bits per heavy atom. The van der Waals surface area contributed by atoms with E-state index in [0.717, 1.165) is 11.1 Å². The zero-order chi connectivity index (χ0) is 18.1. The molecule has 6 heteroatoms. The lowest BCUT2D eigenvalue weighted by molar-refractivity contribution is -0.146. The lowest BCUT2D eigenvalue weighted by Crippen LogP contribution is -2.36. The molecule has 0 heterocycles. The van der Waals surface area contributed by atoms with Gasteiger partial charge in [0.25, 0.3) is 0 Å². The van der Waals surface area contributed by atoms with Crippen LogP contribution in [0.2, 0.25) is 5.02 Å². The van der Waals surface area contributed by atoms with E-state index in [1.165, 1.54) is 23.8 Å². The number of esters is 1. The summed E-state index contributed by atoms with van der Waals surface area (Å²) in [6.07, 6.45) is 0. The Balaban J connectivity index is 1.93. The van der Waals surface area contributed by atoms with Crippen molar-refractivity contribution < 1.29 is 14.3 Å². The molecule has 0 bridgehead atoms. The van der Waals surface area contributed by atoms with Crippen molar-refractivity contribution in [3.8, 4) is 0 Å². The summed E-state index contributed by atoms with van der Waals surface area (Å²) in [5.74, 6) is 0.449. The first-order valence-electron chi connectivity index (χ1n) is 7.79. The van der Waals surface area contributed by atoms with Crippen LogP contribution in [0.3, 0.4) is 0 Å². The van der Waals surface area contributed by atoms with Crippen LogP contribution in [-0.2, 0) is 26.6 Å². The smallest absolute Gasteiger partial charge is 0.325 e. The van der Waals surface area contributed by atoms with E-state index in [4.69, 9.17) is 16.3 Å². The van der Waals surface area contributed by atoms with Gasteiger partial charge in [-0.25, -0.2) is 0 Å². The number of carbonyl (C=O) groups excluding carboxylic acids is 2. The first-order valence-corrected chi connectivity index (χ1v) is 9.32. The fourth-order valence-electron chi connectivity index (χ4n) is 2.23. The molecule has 0 saturated heterocycles. The molecular formula is C19H20ClNO3S. The van der Waals surface area contributed by atoms with Gasteiger partial charge in [-0.2, -0.15) is 0 Å². The van der Waals surface area contributed by atoms with Gasteiger partial charge in [-0.1, -0.05) is 54.1 Å². The number of thioether (sulfide) groups is 1. The van der Waals surface area contributed by atoms with Gasteiger partial charge in [0.15, 0.2) is 0 Å². The van der Waals surface area contributed by atoms with Crippen molar-refractivity contribution in [2.24, 2.45) is 0 Å². The van der Waals surface area contributed by atoms with E-state index in [2.05, 4.69) is 0 Å². The fourth-order valence-corrected chi connectivity index (χ4v) is 3.32. The SMILES string of the molecule is COC(=O)CN(Cc1ccccc1)C(=O)CSCc1cccc(Cl)c1. The second-order valence-electron chi connectivity index (χ2n) is 5.43. The van der Waals surface area contributed by atoms with Crippen molar-refractivity contribution in [1.29, 1.82) is 0 Å². The molecule has 0 radical (unpaired) electrons. The van der Waals surface area contributed by atoms with Gasteiger partial charge in [-0.15, -0.1) is 11.8 Å². The van der Waals surface area contributed by atoms with Crippen molar-refractivity contribution in [3.05, 3.63) is 70.7 Å². The summed E-state index contributed by atoms with van der Waals surface area (Å²) in [5, 5.41) is 0.681. The highest BCUT2D eigenvalue weighted by Gasteiger charge is 2.18. The molecule has 0 aliphatic rings. The van der Waals surface area contributed by atoms with Gasteiger partial charge in [0.05, 0.1) is 12.9 Å². The molecular weight excluding hydrogens is 358 g/mol. The van der Waals surface area contributed by atoms with Gasteiger partial charge in [0.2, 0.25) is 5.91 Å². The fraction of sp³-hybridized carbons (Fsp3) is 0.263. The van der Waals surface area contributed by atoms with E-state index in [-0.39, 0.29) is 18.2 Å². The summed E-state index contributed by atoms with van der Waals surface area (Å²) < 4.78 is 4.70. The normalized spacial score (nSPS) is 10.3. The van der Waals surface area contributed by atoms with Gasteiger partial charge < -0.3 is 9.64 Å². The topological polar surface area (TPSA) is 46.6 Å². The van der Waals surface area contributed by atoms with Crippen LogP contribution < -0.4 is 0 Å². The first-order chi connectivity index (χ1) is 12.1. The number of hydrogen-bond acceptors (Lipinski definition) is 4. The Hall–Kier alpha value is -1.98. The van der Waals surface area contributed by atoms with E-state index in [0.29, 0.717) is 17.3 Å². The molecule has 2 aromatic carbocycles. The highest BCUT2D eigenvalue weighted by atomic mass is 35.5. The molecule has 0 unspecified atom stereocenters. The van der Waals surface area contributed by atoms with Crippen molar-refractivity contribution in [2.75, 3.05) is 19.4 Å². The first kappa shape index (κ1) is 19.3. The third-order valence-electron chi connectivity index (χ3n) is 3.50. The van der Waals surface area contributed by atoms with Gasteiger partial charge in [-0.3, -0.25) is 9.59 Å². The Bertz CT molecular complexity index is 709. The number of amides is 1. The van der Waals surface area contributed by atoms with E-state index in [1.54, 1.807) is 0 Å². The van der Waals surface area contributed by atoms with Crippen molar-refractivity contribution in [1.82, 2.24) is 4.90 Å². The molecule has 0 spiro atoms. The summed E-state index contributed by atoms with van der Waals surface area (Å²) in [6.45, 7) is 0.328. The molecule has 4 nitrogen and oxygen atoms in total. The molecule has 132 valence electrons. The second kappa shape index (κ2) is 10.1. The Labute approximate surface area is 157 Å². The van der Waals surface area contributed by atoms with E-state index in [1.807, 2.05) is 54.6 Å². The maximum atomic E-state index is 12.5. The molecule has 0 aromatic heterocycles. The van der Waals surface area contributed by atoms with Crippen LogP contribution in [0.25, 0.3) is 0 Å². The van der Waals surface area contributed by atoms with Crippen LogP contribution in [0.4, 0.5) is 0 Å². The lowest BCUT2D eigenvalue weighted by Gasteiger charge is -2.21. The highest BCUT2D eigenvalue weighted by molar-refractivity contribution is 7.99. The third kappa shape index (κ3) is 6.80. The van der Waals surface area contributed by atoms with Crippen molar-refractivity contribution in [2.45, 2.75) is 12.3 Å². The molecule has 0 aliphatic carbocycles. The number of rotatable bonds is 8. The number of benzene rings is 2. The number of hydrogen-bond donors (Lipinski definition) is 0. The predicted molar refractivity (Wildman–Crippen MR) is 101 cm³/mol. The number of ether oxygens (including phenoxy) is 1. The quantitative estimate of drug-likeness (QED) is 0.657. The van der Waals surface area contributed by atoms with E-state index in [9.17, 15) is 9.59 Å². The second-order valence-corrected chi connectivity index (χ2v) is 6.86. The molecule has 0 fully saturated rings. The maximum Gasteiger partial charge on any atom is 0.325 e. The van der Waals surface area contributed by atoms with Crippen LogP contribution in [0.5, 0.6) is 0 Å². The average Bonchev–Trinajstić information content (AvgIpc) is 2.62. The van der Waals surface area contributed by atoms with Crippen LogP contribution in [0.1, 0.15) is 11.1 Å². The Morgan fingerprint density at radius 1 is 1.08 bits per heavy atom. The van der Waals surface area contributed by atoms with Gasteiger partial charge >= 0.3 is 5.97 Å². The van der Waals surface area contributed by atoms with Crippen LogP contribution in [-0.4, -0.2) is 36.2 Å². The number of halogens is 1. The van der Waals surface area contributed by atoms with Crippen molar-refractivity contribution in [3.63, 3.8) is 0 Å². The monoisotopic (exact) mass is 377 g/mol. The maximum absolute atomic E-state index is 12.5. The lowest BCUT2D eigenvalue weighted by atomic mass is 10.2. The van der Waals surface area contributed by atoms with E-state index >= 15 is 0 Å². The zero-order valence-electron chi connectivity index (χ0n) is 14.0. The minimum absolute atomic E-state index is 0.0536. The summed E-state index contributed by atoms with van der Waals surface area (Å²) in [6, 6.07) is 17.1. The number of methoxy groups -OCH3 is 1. The molecule has 1 amide bonds. The van der Waals surface area contributed by atoms with Gasteiger partial charge in [0, 0.05) is 17.3 Å². The van der Waals surface area contributed by atoms with Gasteiger partial charge in [0.1, 0.15) is 6.54 Å². The molecule has 25 heavy (non-hydrogen) atoms. The molecule has 0 saturated carbocycles. The molecule has 0 atom stereocenters. The Kier molecular flexibility index (Phi) is 7.82. The number of nitrogens with zero attached hydrogens (tertiary/aromatic N) is 1. The molecule has 2 aromatic rings. The summed E-state index contributed by atoms with van der Waals surface area (Å²) >= 11 is 7.46. The minimum atomic E-state index is -0.427. The third-order valence-corrected chi connectivity index (χ3v) is 4.72. The van der Waals surface area contributed by atoms with E-state index < -0.39 is 5.97 Å². The standard InChI is InChI=1S/C19H20ClNO3S/c1-24-19(23)12-21(11-15-6-3-2-4-7-15)18(22)14-25-13-16-8-5-9-17(20)10-16/h2-10H,11-14H2,1H3. The Morgan fingerprint density at radius 2 is 1.80 bits per heavy atom. The summed E-state index contributed by atoms with van der Waals surface area (Å²) in [4.78, 5) is 25.7. The molecule has 2 rings (SSSR count). The number of carbonyl (C=O) groups is 2. The highest BCUT2D eigenvalue weighted by Crippen LogP contribution is 2.17. The predicted octanol–water partition coefficient (Wildman–Crippen LogP) is 3.78. The minimum Gasteiger partial charge on any atom is -0.468 e. The van der Waals surface area contributed by atoms with Gasteiger partial charge in [-0.05, 0) is 23.3 Å². The largest absolute Gasteiger partial charge is 0.468 e. The summed E-state index contributed by atoms with van der Waals surface area (Å²) in [7, 11) is 1.32.